The Morgan fingerprint density at radius 3 is 3.00 bits per heavy atom. The van der Waals surface area contributed by atoms with Gasteiger partial charge in [0.2, 0.25) is 0 Å². The van der Waals surface area contributed by atoms with Crippen LogP contribution in [0.25, 0.3) is 11.0 Å². The van der Waals surface area contributed by atoms with Crippen LogP contribution in [0.5, 0.6) is 0 Å². The van der Waals surface area contributed by atoms with E-state index in [1.807, 2.05) is 24.3 Å². The fourth-order valence-corrected chi connectivity index (χ4v) is 1.56. The molecule has 1 aromatic carbocycles. The molecule has 2 heteroatoms. The molecule has 62 valence electrons. The molecule has 0 saturated heterocycles. The summed E-state index contributed by atoms with van der Waals surface area (Å²) >= 11 is 5.66. The minimum Gasteiger partial charge on any atom is -0.464 e. The Labute approximate surface area is 75.9 Å². The van der Waals surface area contributed by atoms with Crippen molar-refractivity contribution in [3.63, 3.8) is 0 Å². The molecule has 2 rings (SSSR count). The second-order valence-electron chi connectivity index (χ2n) is 2.70. The largest absolute Gasteiger partial charge is 0.464 e. The Kier molecular flexibility index (Phi) is 2.05. The average Bonchev–Trinajstić information content (AvgIpc) is 2.53. The first-order chi connectivity index (χ1) is 5.92. The smallest absolute Gasteiger partial charge is 0.137 e. The number of halogens is 1. The Morgan fingerprint density at radius 2 is 2.17 bits per heavy atom. The van der Waals surface area contributed by atoms with Crippen molar-refractivity contribution in [2.75, 3.05) is 5.88 Å². The van der Waals surface area contributed by atoms with E-state index >= 15 is 0 Å². The van der Waals surface area contributed by atoms with Gasteiger partial charge < -0.3 is 4.42 Å². The highest BCUT2D eigenvalue weighted by molar-refractivity contribution is 6.18. The van der Waals surface area contributed by atoms with Crippen LogP contribution in [-0.2, 0) is 6.42 Å². The second-order valence-corrected chi connectivity index (χ2v) is 3.07. The molecule has 0 N–H and O–H groups in total. The molecule has 1 aromatic heterocycles. The molecule has 0 radical (unpaired) electrons. The molecule has 0 saturated carbocycles. The first-order valence-electron chi connectivity index (χ1n) is 3.93. The topological polar surface area (TPSA) is 13.1 Å². The SMILES string of the molecule is ClCCc1cccc2ccoc12. The summed E-state index contributed by atoms with van der Waals surface area (Å²) in [6, 6.07) is 8.08. The van der Waals surface area contributed by atoms with E-state index < -0.39 is 0 Å². The lowest BCUT2D eigenvalue weighted by Gasteiger charge is -1.97. The summed E-state index contributed by atoms with van der Waals surface area (Å²) < 4.78 is 5.34. The van der Waals surface area contributed by atoms with E-state index in [1.165, 1.54) is 5.56 Å². The van der Waals surface area contributed by atoms with E-state index in [9.17, 15) is 0 Å². The number of fused-ring (bicyclic) bond motifs is 1. The zero-order chi connectivity index (χ0) is 8.39. The predicted molar refractivity (Wildman–Crippen MR) is 50.6 cm³/mol. The molecule has 0 atom stereocenters. The molecule has 1 nitrogen and oxygen atoms in total. The molecule has 0 fully saturated rings. The van der Waals surface area contributed by atoms with Crippen molar-refractivity contribution in [1.29, 1.82) is 0 Å². The minimum absolute atomic E-state index is 0.639. The number of alkyl halides is 1. The molecular weight excluding hydrogens is 172 g/mol. The van der Waals surface area contributed by atoms with Crippen LogP contribution in [0.4, 0.5) is 0 Å². The summed E-state index contributed by atoms with van der Waals surface area (Å²) in [5, 5.41) is 1.15. The fraction of sp³-hybridized carbons (Fsp3) is 0.200. The molecule has 0 aliphatic carbocycles. The van der Waals surface area contributed by atoms with Gasteiger partial charge in [-0.1, -0.05) is 18.2 Å². The van der Waals surface area contributed by atoms with Crippen molar-refractivity contribution < 1.29 is 4.42 Å². The molecule has 0 unspecified atom stereocenters. The maximum atomic E-state index is 5.66. The maximum Gasteiger partial charge on any atom is 0.137 e. The average molecular weight is 181 g/mol. The van der Waals surface area contributed by atoms with Gasteiger partial charge in [-0.25, -0.2) is 0 Å². The Morgan fingerprint density at radius 1 is 1.25 bits per heavy atom. The van der Waals surface area contributed by atoms with Gasteiger partial charge in [-0.05, 0) is 18.1 Å². The Hall–Kier alpha value is -0.950. The molecule has 0 amide bonds. The van der Waals surface area contributed by atoms with Gasteiger partial charge in [-0.3, -0.25) is 0 Å². The van der Waals surface area contributed by atoms with Crippen LogP contribution < -0.4 is 0 Å². The van der Waals surface area contributed by atoms with Gasteiger partial charge in [-0.2, -0.15) is 0 Å². The van der Waals surface area contributed by atoms with Gasteiger partial charge in [0.25, 0.3) is 0 Å². The van der Waals surface area contributed by atoms with Crippen LogP contribution in [0.1, 0.15) is 5.56 Å². The third kappa shape index (κ3) is 1.21. The van der Waals surface area contributed by atoms with Gasteiger partial charge >= 0.3 is 0 Å². The maximum absolute atomic E-state index is 5.66. The first-order valence-corrected chi connectivity index (χ1v) is 4.46. The highest BCUT2D eigenvalue weighted by Gasteiger charge is 2.01. The van der Waals surface area contributed by atoms with Crippen LogP contribution in [-0.4, -0.2) is 5.88 Å². The molecule has 0 spiro atoms. The van der Waals surface area contributed by atoms with Crippen LogP contribution >= 0.6 is 11.6 Å². The third-order valence-electron chi connectivity index (χ3n) is 1.92. The van der Waals surface area contributed by atoms with Gasteiger partial charge in [0, 0.05) is 11.3 Å². The van der Waals surface area contributed by atoms with Gasteiger partial charge in [0.15, 0.2) is 0 Å². The Bertz CT molecular complexity index is 378. The number of hydrogen-bond acceptors (Lipinski definition) is 1. The van der Waals surface area contributed by atoms with E-state index in [2.05, 4.69) is 0 Å². The lowest BCUT2D eigenvalue weighted by molar-refractivity contribution is 0.611. The normalized spacial score (nSPS) is 10.8. The summed E-state index contributed by atoms with van der Waals surface area (Å²) in [7, 11) is 0. The molecule has 1 heterocycles. The molecule has 0 aliphatic heterocycles. The monoisotopic (exact) mass is 180 g/mol. The number of aryl methyl sites for hydroxylation is 1. The quantitative estimate of drug-likeness (QED) is 0.647. The zero-order valence-electron chi connectivity index (χ0n) is 6.59. The lowest BCUT2D eigenvalue weighted by Crippen LogP contribution is -1.85. The van der Waals surface area contributed by atoms with Crippen molar-refractivity contribution in [1.82, 2.24) is 0 Å². The van der Waals surface area contributed by atoms with E-state index in [-0.39, 0.29) is 0 Å². The molecule has 12 heavy (non-hydrogen) atoms. The zero-order valence-corrected chi connectivity index (χ0v) is 7.34. The number of furan rings is 1. The van der Waals surface area contributed by atoms with Crippen molar-refractivity contribution in [2.24, 2.45) is 0 Å². The van der Waals surface area contributed by atoms with E-state index in [0.29, 0.717) is 5.88 Å². The van der Waals surface area contributed by atoms with Crippen LogP contribution in [0.2, 0.25) is 0 Å². The van der Waals surface area contributed by atoms with Crippen LogP contribution in [0.3, 0.4) is 0 Å². The first kappa shape index (κ1) is 7.69. The summed E-state index contributed by atoms with van der Waals surface area (Å²) in [5.74, 6) is 0.639. The van der Waals surface area contributed by atoms with Gasteiger partial charge in [-0.15, -0.1) is 11.6 Å². The number of rotatable bonds is 2. The summed E-state index contributed by atoms with van der Waals surface area (Å²) in [4.78, 5) is 0. The molecule has 0 aliphatic rings. The molecule has 0 bridgehead atoms. The van der Waals surface area contributed by atoms with Crippen molar-refractivity contribution in [3.05, 3.63) is 36.1 Å². The summed E-state index contributed by atoms with van der Waals surface area (Å²) in [6.07, 6.45) is 2.58. The fourth-order valence-electron chi connectivity index (χ4n) is 1.35. The highest BCUT2D eigenvalue weighted by Crippen LogP contribution is 2.20. The minimum atomic E-state index is 0.639. The van der Waals surface area contributed by atoms with Crippen LogP contribution in [0.15, 0.2) is 34.9 Å². The van der Waals surface area contributed by atoms with E-state index in [4.69, 9.17) is 16.0 Å². The van der Waals surface area contributed by atoms with Gasteiger partial charge in [0.05, 0.1) is 6.26 Å². The highest BCUT2D eigenvalue weighted by atomic mass is 35.5. The van der Waals surface area contributed by atoms with Crippen molar-refractivity contribution in [2.45, 2.75) is 6.42 Å². The number of benzene rings is 1. The van der Waals surface area contributed by atoms with Crippen molar-refractivity contribution >= 4 is 22.6 Å². The van der Waals surface area contributed by atoms with E-state index in [1.54, 1.807) is 6.26 Å². The standard InChI is InChI=1S/C10H9ClO/c11-6-4-8-2-1-3-9-5-7-12-10(8)9/h1-3,5,7H,4,6H2. The van der Waals surface area contributed by atoms with Crippen molar-refractivity contribution in [3.8, 4) is 0 Å². The number of hydrogen-bond donors (Lipinski definition) is 0. The van der Waals surface area contributed by atoms with Crippen LogP contribution in [0, 0.1) is 0 Å². The molecule has 2 aromatic rings. The summed E-state index contributed by atoms with van der Waals surface area (Å²) in [5.41, 5.74) is 2.16. The second kappa shape index (κ2) is 3.20. The lowest BCUT2D eigenvalue weighted by atomic mass is 10.1. The number of para-hydroxylation sites is 1. The Balaban J connectivity index is 2.57. The molecular formula is C10H9ClO. The third-order valence-corrected chi connectivity index (χ3v) is 2.11. The van der Waals surface area contributed by atoms with E-state index in [0.717, 1.165) is 17.4 Å². The summed E-state index contributed by atoms with van der Waals surface area (Å²) in [6.45, 7) is 0. The van der Waals surface area contributed by atoms with Gasteiger partial charge in [0.1, 0.15) is 5.58 Å². The predicted octanol–water partition coefficient (Wildman–Crippen LogP) is 3.21.